The van der Waals surface area contributed by atoms with E-state index in [9.17, 15) is 0 Å². The number of aryl methyl sites for hydroxylation is 1. The van der Waals surface area contributed by atoms with Gasteiger partial charge in [-0.3, -0.25) is 4.90 Å². The predicted octanol–water partition coefficient (Wildman–Crippen LogP) is 2.87. The highest BCUT2D eigenvalue weighted by Crippen LogP contribution is 2.12. The number of hydrogen-bond donors (Lipinski definition) is 0. The molecule has 1 aromatic rings. The van der Waals surface area contributed by atoms with Crippen LogP contribution in [-0.4, -0.2) is 54.5 Å². The standard InChI is InChI=1S/C16H26N2S/c1-15-6-3-4-7-16(15)14-18-11-9-17(10-12-18)8-5-13-19-2/h3-4,6-7H,5,8-14H2,1-2H3. The Balaban J connectivity index is 1.73. The van der Waals surface area contributed by atoms with Crippen LogP contribution >= 0.6 is 11.8 Å². The highest BCUT2D eigenvalue weighted by atomic mass is 32.2. The van der Waals surface area contributed by atoms with Gasteiger partial charge in [0.25, 0.3) is 0 Å². The summed E-state index contributed by atoms with van der Waals surface area (Å²) in [4.78, 5) is 5.21. The van der Waals surface area contributed by atoms with Gasteiger partial charge in [0.1, 0.15) is 0 Å². The molecule has 2 nitrogen and oxygen atoms in total. The maximum atomic E-state index is 2.62. The van der Waals surface area contributed by atoms with Crippen molar-refractivity contribution in [1.29, 1.82) is 0 Å². The summed E-state index contributed by atoms with van der Waals surface area (Å²) in [5.41, 5.74) is 2.91. The molecule has 1 saturated heterocycles. The lowest BCUT2D eigenvalue weighted by molar-refractivity contribution is 0.127. The van der Waals surface area contributed by atoms with Gasteiger partial charge in [-0.05, 0) is 43.0 Å². The Bertz CT molecular complexity index is 373. The van der Waals surface area contributed by atoms with Crippen LogP contribution in [0.5, 0.6) is 0 Å². The summed E-state index contributed by atoms with van der Waals surface area (Å²) in [5, 5.41) is 0. The third-order valence-corrected chi connectivity index (χ3v) is 4.64. The second kappa shape index (κ2) is 7.93. The molecule has 0 bridgehead atoms. The van der Waals surface area contributed by atoms with E-state index in [1.54, 1.807) is 0 Å². The van der Waals surface area contributed by atoms with Crippen molar-refractivity contribution in [3.05, 3.63) is 35.4 Å². The first kappa shape index (κ1) is 14.9. The van der Waals surface area contributed by atoms with E-state index in [-0.39, 0.29) is 0 Å². The summed E-state index contributed by atoms with van der Waals surface area (Å²) in [6.07, 6.45) is 3.53. The van der Waals surface area contributed by atoms with Crippen LogP contribution in [0.25, 0.3) is 0 Å². The minimum atomic E-state index is 1.12. The summed E-state index contributed by atoms with van der Waals surface area (Å²) in [6, 6.07) is 8.76. The Morgan fingerprint density at radius 1 is 1.05 bits per heavy atom. The fraction of sp³-hybridized carbons (Fsp3) is 0.625. The van der Waals surface area contributed by atoms with Gasteiger partial charge in [-0.2, -0.15) is 11.8 Å². The fourth-order valence-electron chi connectivity index (χ4n) is 2.63. The number of rotatable bonds is 6. The molecule has 0 aromatic heterocycles. The Hall–Kier alpha value is -0.510. The number of hydrogen-bond acceptors (Lipinski definition) is 3. The van der Waals surface area contributed by atoms with Crippen LogP contribution in [-0.2, 0) is 6.54 Å². The van der Waals surface area contributed by atoms with E-state index in [0.717, 1.165) is 6.54 Å². The minimum absolute atomic E-state index is 1.12. The lowest BCUT2D eigenvalue weighted by atomic mass is 10.1. The molecule has 1 aliphatic rings. The monoisotopic (exact) mass is 278 g/mol. The summed E-state index contributed by atoms with van der Waals surface area (Å²) in [6.45, 7) is 9.51. The Labute approximate surface area is 122 Å². The van der Waals surface area contributed by atoms with Crippen LogP contribution in [0.3, 0.4) is 0 Å². The Kier molecular flexibility index (Phi) is 6.21. The molecule has 106 valence electrons. The molecule has 0 unspecified atom stereocenters. The maximum Gasteiger partial charge on any atom is 0.0237 e. The van der Waals surface area contributed by atoms with Crippen LogP contribution in [0.1, 0.15) is 17.5 Å². The second-order valence-corrected chi connectivity index (χ2v) is 6.38. The van der Waals surface area contributed by atoms with E-state index in [4.69, 9.17) is 0 Å². The summed E-state index contributed by atoms with van der Waals surface area (Å²) < 4.78 is 0. The highest BCUT2D eigenvalue weighted by molar-refractivity contribution is 7.98. The molecule has 0 spiro atoms. The maximum absolute atomic E-state index is 2.62. The van der Waals surface area contributed by atoms with E-state index < -0.39 is 0 Å². The zero-order valence-corrected chi connectivity index (χ0v) is 13.1. The topological polar surface area (TPSA) is 6.48 Å². The number of nitrogens with zero attached hydrogens (tertiary/aromatic N) is 2. The first-order valence-corrected chi connectivity index (χ1v) is 8.67. The third-order valence-electron chi connectivity index (χ3n) is 3.94. The van der Waals surface area contributed by atoms with E-state index in [0.29, 0.717) is 0 Å². The molecule has 1 heterocycles. The van der Waals surface area contributed by atoms with E-state index >= 15 is 0 Å². The van der Waals surface area contributed by atoms with Crippen molar-refractivity contribution in [2.45, 2.75) is 19.9 Å². The number of benzene rings is 1. The van der Waals surface area contributed by atoms with Crippen molar-refractivity contribution < 1.29 is 0 Å². The largest absolute Gasteiger partial charge is 0.301 e. The van der Waals surface area contributed by atoms with E-state index in [1.165, 1.54) is 56.0 Å². The molecular weight excluding hydrogens is 252 g/mol. The van der Waals surface area contributed by atoms with Gasteiger partial charge in [-0.1, -0.05) is 24.3 Å². The smallest absolute Gasteiger partial charge is 0.0237 e. The lowest BCUT2D eigenvalue weighted by Gasteiger charge is -2.35. The summed E-state index contributed by atoms with van der Waals surface area (Å²) in [5.74, 6) is 1.30. The van der Waals surface area contributed by atoms with E-state index in [1.807, 2.05) is 11.8 Å². The van der Waals surface area contributed by atoms with Gasteiger partial charge in [-0.15, -0.1) is 0 Å². The zero-order valence-electron chi connectivity index (χ0n) is 12.3. The number of piperazine rings is 1. The molecule has 3 heteroatoms. The second-order valence-electron chi connectivity index (χ2n) is 5.39. The van der Waals surface area contributed by atoms with Crippen LogP contribution < -0.4 is 0 Å². The molecule has 0 amide bonds. The molecule has 0 aliphatic carbocycles. The average Bonchev–Trinajstić information content (AvgIpc) is 2.44. The average molecular weight is 278 g/mol. The molecule has 1 aromatic carbocycles. The molecule has 1 fully saturated rings. The summed E-state index contributed by atoms with van der Waals surface area (Å²) >= 11 is 1.96. The molecule has 0 radical (unpaired) electrons. The normalized spacial score (nSPS) is 17.8. The van der Waals surface area contributed by atoms with Gasteiger partial charge in [0.15, 0.2) is 0 Å². The van der Waals surface area contributed by atoms with Gasteiger partial charge in [0.2, 0.25) is 0 Å². The first-order valence-electron chi connectivity index (χ1n) is 7.28. The van der Waals surface area contributed by atoms with Crippen molar-refractivity contribution >= 4 is 11.8 Å². The Morgan fingerprint density at radius 3 is 2.42 bits per heavy atom. The van der Waals surface area contributed by atoms with E-state index in [2.05, 4.69) is 47.2 Å². The van der Waals surface area contributed by atoms with Crippen LogP contribution in [0.2, 0.25) is 0 Å². The van der Waals surface area contributed by atoms with Gasteiger partial charge in [-0.25, -0.2) is 0 Å². The molecule has 0 atom stereocenters. The van der Waals surface area contributed by atoms with Gasteiger partial charge in [0.05, 0.1) is 0 Å². The van der Waals surface area contributed by atoms with Crippen molar-refractivity contribution in [2.75, 3.05) is 44.7 Å². The van der Waals surface area contributed by atoms with Crippen molar-refractivity contribution in [2.24, 2.45) is 0 Å². The molecule has 0 saturated carbocycles. The van der Waals surface area contributed by atoms with Gasteiger partial charge >= 0.3 is 0 Å². The van der Waals surface area contributed by atoms with Crippen molar-refractivity contribution in [1.82, 2.24) is 9.80 Å². The molecule has 0 N–H and O–H groups in total. The highest BCUT2D eigenvalue weighted by Gasteiger charge is 2.16. The molecule has 2 rings (SSSR count). The number of thioether (sulfide) groups is 1. The van der Waals surface area contributed by atoms with Crippen molar-refractivity contribution in [3.63, 3.8) is 0 Å². The quantitative estimate of drug-likeness (QED) is 0.739. The van der Waals surface area contributed by atoms with Gasteiger partial charge in [0, 0.05) is 32.7 Å². The minimum Gasteiger partial charge on any atom is -0.301 e. The van der Waals surface area contributed by atoms with Crippen LogP contribution in [0, 0.1) is 6.92 Å². The van der Waals surface area contributed by atoms with Crippen LogP contribution in [0.4, 0.5) is 0 Å². The first-order chi connectivity index (χ1) is 9.29. The lowest BCUT2D eigenvalue weighted by Crippen LogP contribution is -2.46. The Morgan fingerprint density at radius 2 is 1.74 bits per heavy atom. The SMILES string of the molecule is CSCCCN1CCN(Cc2ccccc2C)CC1. The zero-order chi connectivity index (χ0) is 13.5. The van der Waals surface area contributed by atoms with Crippen molar-refractivity contribution in [3.8, 4) is 0 Å². The fourth-order valence-corrected chi connectivity index (χ4v) is 3.05. The third kappa shape index (κ3) is 4.83. The molecular formula is C16H26N2S. The predicted molar refractivity (Wildman–Crippen MR) is 85.9 cm³/mol. The van der Waals surface area contributed by atoms with Gasteiger partial charge < -0.3 is 4.90 Å². The summed E-state index contributed by atoms with van der Waals surface area (Å²) in [7, 11) is 0. The molecule has 1 aliphatic heterocycles. The van der Waals surface area contributed by atoms with Crippen LogP contribution in [0.15, 0.2) is 24.3 Å². The molecule has 19 heavy (non-hydrogen) atoms.